The maximum absolute atomic E-state index is 9.52. The van der Waals surface area contributed by atoms with Gasteiger partial charge in [0.2, 0.25) is 0 Å². The van der Waals surface area contributed by atoms with E-state index in [1.165, 1.54) is 12.8 Å². The average Bonchev–Trinajstić information content (AvgIpc) is 2.83. The van der Waals surface area contributed by atoms with Crippen LogP contribution in [0, 0.1) is 0 Å². The van der Waals surface area contributed by atoms with E-state index in [0.29, 0.717) is 6.54 Å². The first-order valence-corrected chi connectivity index (χ1v) is 4.84. The lowest BCUT2D eigenvalue weighted by Gasteiger charge is -2.22. The Bertz CT molecular complexity index is 126. The van der Waals surface area contributed by atoms with Crippen molar-refractivity contribution in [2.24, 2.45) is 0 Å². The molecule has 3 nitrogen and oxygen atoms in total. The Balaban J connectivity index is 2.16. The van der Waals surface area contributed by atoms with Crippen LogP contribution in [0.1, 0.15) is 19.8 Å². The summed E-state index contributed by atoms with van der Waals surface area (Å²) in [7, 11) is 1.87. The molecule has 3 heteroatoms. The molecule has 1 aliphatic carbocycles. The van der Waals surface area contributed by atoms with Crippen LogP contribution in [0.4, 0.5) is 0 Å². The zero-order chi connectivity index (χ0) is 8.97. The van der Waals surface area contributed by atoms with E-state index in [1.54, 1.807) is 0 Å². The first-order chi connectivity index (χ1) is 5.77. The molecular formula is C9H20N2O. The first-order valence-electron chi connectivity index (χ1n) is 4.84. The lowest BCUT2D eigenvalue weighted by Crippen LogP contribution is -2.38. The van der Waals surface area contributed by atoms with Crippen LogP contribution in [-0.4, -0.2) is 48.8 Å². The number of likely N-dealkylation sites (N-methyl/N-ethyl adjacent to an activating group) is 2. The predicted octanol–water partition coefficient (Wildman–Crippen LogP) is 0.0510. The summed E-state index contributed by atoms with van der Waals surface area (Å²) in [4.78, 5) is 2.36. The molecule has 0 aromatic rings. The average molecular weight is 172 g/mol. The van der Waals surface area contributed by atoms with Crippen molar-refractivity contribution in [3.05, 3.63) is 0 Å². The van der Waals surface area contributed by atoms with Crippen molar-refractivity contribution in [2.75, 3.05) is 26.7 Å². The fourth-order valence-electron chi connectivity index (χ4n) is 1.55. The molecule has 0 bridgehead atoms. The third kappa shape index (κ3) is 3.09. The summed E-state index contributed by atoms with van der Waals surface area (Å²) in [5.74, 6) is 0. The van der Waals surface area contributed by atoms with Crippen LogP contribution in [0.2, 0.25) is 0 Å². The van der Waals surface area contributed by atoms with E-state index in [0.717, 1.165) is 19.1 Å². The Labute approximate surface area is 74.8 Å². The van der Waals surface area contributed by atoms with Crippen LogP contribution in [0.5, 0.6) is 0 Å². The summed E-state index contributed by atoms with van der Waals surface area (Å²) >= 11 is 0. The fraction of sp³-hybridized carbons (Fsp3) is 1.00. The first kappa shape index (κ1) is 9.96. The van der Waals surface area contributed by atoms with Gasteiger partial charge in [0.25, 0.3) is 0 Å². The summed E-state index contributed by atoms with van der Waals surface area (Å²) in [6, 6.07) is 0.765. The number of rotatable bonds is 6. The summed E-state index contributed by atoms with van der Waals surface area (Å²) in [5.41, 5.74) is 0. The molecule has 2 N–H and O–H groups in total. The number of hydrogen-bond acceptors (Lipinski definition) is 3. The molecule has 0 radical (unpaired) electrons. The Morgan fingerprint density at radius 2 is 2.25 bits per heavy atom. The molecule has 0 heterocycles. The highest BCUT2D eigenvalue weighted by Gasteiger charge is 2.28. The molecule has 0 spiro atoms. The van der Waals surface area contributed by atoms with Gasteiger partial charge in [0.15, 0.2) is 0 Å². The molecule has 12 heavy (non-hydrogen) atoms. The van der Waals surface area contributed by atoms with Crippen LogP contribution in [0.3, 0.4) is 0 Å². The fourth-order valence-corrected chi connectivity index (χ4v) is 1.55. The maximum Gasteiger partial charge on any atom is 0.0791 e. The number of nitrogens with one attached hydrogen (secondary N) is 1. The van der Waals surface area contributed by atoms with Gasteiger partial charge in [-0.2, -0.15) is 0 Å². The van der Waals surface area contributed by atoms with E-state index in [4.69, 9.17) is 0 Å². The molecule has 0 saturated heterocycles. The lowest BCUT2D eigenvalue weighted by molar-refractivity contribution is 0.112. The predicted molar refractivity (Wildman–Crippen MR) is 50.2 cm³/mol. The molecule has 0 aromatic heterocycles. The molecule has 0 amide bonds. The summed E-state index contributed by atoms with van der Waals surface area (Å²) in [5, 5.41) is 12.5. The van der Waals surface area contributed by atoms with Gasteiger partial charge < -0.3 is 10.4 Å². The smallest absolute Gasteiger partial charge is 0.0791 e. The second kappa shape index (κ2) is 4.80. The van der Waals surface area contributed by atoms with Crippen molar-refractivity contribution >= 4 is 0 Å². The molecule has 1 rings (SSSR count). The third-order valence-corrected chi connectivity index (χ3v) is 2.35. The molecular weight excluding hydrogens is 152 g/mol. The van der Waals surface area contributed by atoms with E-state index in [2.05, 4.69) is 17.1 Å². The van der Waals surface area contributed by atoms with Gasteiger partial charge in [-0.25, -0.2) is 0 Å². The van der Waals surface area contributed by atoms with Gasteiger partial charge in [-0.15, -0.1) is 0 Å². The topological polar surface area (TPSA) is 35.5 Å². The number of hydrogen-bond donors (Lipinski definition) is 2. The second-order valence-corrected chi connectivity index (χ2v) is 3.53. The Kier molecular flexibility index (Phi) is 3.98. The molecule has 1 atom stereocenters. The summed E-state index contributed by atoms with van der Waals surface area (Å²) < 4.78 is 0. The maximum atomic E-state index is 9.52. The van der Waals surface area contributed by atoms with E-state index < -0.39 is 0 Å². The monoisotopic (exact) mass is 172 g/mol. The SMILES string of the molecule is CCN(CC(O)CNC)C1CC1. The minimum Gasteiger partial charge on any atom is -0.390 e. The van der Waals surface area contributed by atoms with Crippen molar-refractivity contribution in [3.8, 4) is 0 Å². The number of nitrogens with zero attached hydrogens (tertiary/aromatic N) is 1. The van der Waals surface area contributed by atoms with Crippen LogP contribution < -0.4 is 5.32 Å². The largest absolute Gasteiger partial charge is 0.390 e. The Morgan fingerprint density at radius 1 is 1.58 bits per heavy atom. The van der Waals surface area contributed by atoms with Crippen molar-refractivity contribution in [2.45, 2.75) is 31.9 Å². The Morgan fingerprint density at radius 3 is 2.67 bits per heavy atom. The van der Waals surface area contributed by atoms with Gasteiger partial charge in [-0.05, 0) is 26.4 Å². The van der Waals surface area contributed by atoms with Crippen LogP contribution in [0.25, 0.3) is 0 Å². The van der Waals surface area contributed by atoms with Crippen molar-refractivity contribution < 1.29 is 5.11 Å². The number of aliphatic hydroxyl groups excluding tert-OH is 1. The molecule has 1 saturated carbocycles. The lowest BCUT2D eigenvalue weighted by atomic mass is 10.3. The molecule has 1 fully saturated rings. The minimum absolute atomic E-state index is 0.212. The third-order valence-electron chi connectivity index (χ3n) is 2.35. The van der Waals surface area contributed by atoms with E-state index in [-0.39, 0.29) is 6.10 Å². The van der Waals surface area contributed by atoms with Gasteiger partial charge in [0.1, 0.15) is 0 Å². The van der Waals surface area contributed by atoms with Crippen LogP contribution in [0.15, 0.2) is 0 Å². The molecule has 0 aliphatic heterocycles. The van der Waals surface area contributed by atoms with Gasteiger partial charge in [0, 0.05) is 19.1 Å². The van der Waals surface area contributed by atoms with Gasteiger partial charge in [0.05, 0.1) is 6.10 Å². The highest BCUT2D eigenvalue weighted by atomic mass is 16.3. The molecule has 72 valence electrons. The van der Waals surface area contributed by atoms with Gasteiger partial charge >= 0.3 is 0 Å². The zero-order valence-electron chi connectivity index (χ0n) is 8.08. The van der Waals surface area contributed by atoms with Crippen LogP contribution in [-0.2, 0) is 0 Å². The van der Waals surface area contributed by atoms with Crippen molar-refractivity contribution in [1.29, 1.82) is 0 Å². The van der Waals surface area contributed by atoms with E-state index in [9.17, 15) is 5.11 Å². The minimum atomic E-state index is -0.212. The normalized spacial score (nSPS) is 20.0. The highest BCUT2D eigenvalue weighted by molar-refractivity contribution is 4.85. The number of aliphatic hydroxyl groups is 1. The molecule has 1 aliphatic rings. The van der Waals surface area contributed by atoms with E-state index in [1.807, 2.05) is 7.05 Å². The molecule has 0 aromatic carbocycles. The Hall–Kier alpha value is -0.120. The summed E-state index contributed by atoms with van der Waals surface area (Å²) in [6.07, 6.45) is 2.43. The van der Waals surface area contributed by atoms with Gasteiger partial charge in [-0.3, -0.25) is 4.90 Å². The standard InChI is InChI=1S/C9H20N2O/c1-3-11(8-4-5-8)7-9(12)6-10-2/h8-10,12H,3-7H2,1-2H3. The highest BCUT2D eigenvalue weighted by Crippen LogP contribution is 2.26. The van der Waals surface area contributed by atoms with Gasteiger partial charge in [-0.1, -0.05) is 6.92 Å². The van der Waals surface area contributed by atoms with Crippen molar-refractivity contribution in [1.82, 2.24) is 10.2 Å². The quantitative estimate of drug-likeness (QED) is 0.594. The van der Waals surface area contributed by atoms with Crippen molar-refractivity contribution in [3.63, 3.8) is 0 Å². The van der Waals surface area contributed by atoms with E-state index >= 15 is 0 Å². The zero-order valence-corrected chi connectivity index (χ0v) is 8.08. The summed E-state index contributed by atoms with van der Waals surface area (Å²) in [6.45, 7) is 4.74. The molecule has 1 unspecified atom stereocenters. The second-order valence-electron chi connectivity index (χ2n) is 3.53. The van der Waals surface area contributed by atoms with Crippen LogP contribution >= 0.6 is 0 Å².